The van der Waals surface area contributed by atoms with Gasteiger partial charge in [-0.25, -0.2) is 0 Å². The Labute approximate surface area is 170 Å². The number of carbonyl (C=O) groups excluding carboxylic acids is 1. The summed E-state index contributed by atoms with van der Waals surface area (Å²) >= 11 is 0. The summed E-state index contributed by atoms with van der Waals surface area (Å²) in [6.45, 7) is 10.6. The highest BCUT2D eigenvalue weighted by Crippen LogP contribution is 2.51. The first-order valence-electron chi connectivity index (χ1n) is 10.0. The van der Waals surface area contributed by atoms with Crippen molar-refractivity contribution in [3.63, 3.8) is 0 Å². The largest absolute Gasteiger partial charge is 0.573 e. The van der Waals surface area contributed by atoms with Crippen molar-refractivity contribution < 1.29 is 22.7 Å². The smallest absolute Gasteiger partial charge is 0.406 e. The number of nitrogens with zero attached hydrogens (tertiary/aromatic N) is 1. The highest BCUT2D eigenvalue weighted by atomic mass is 19.4. The molecule has 8 heteroatoms. The molecule has 0 spiro atoms. The predicted molar refractivity (Wildman–Crippen MR) is 104 cm³/mol. The monoisotopic (exact) mass is 413 g/mol. The Morgan fingerprint density at radius 1 is 1.21 bits per heavy atom. The Hall–Kier alpha value is -1.80. The zero-order valence-corrected chi connectivity index (χ0v) is 17.2. The van der Waals surface area contributed by atoms with Crippen molar-refractivity contribution in [2.45, 2.75) is 33.7 Å². The molecule has 1 saturated heterocycles. The number of rotatable bonds is 8. The lowest BCUT2D eigenvalue weighted by Gasteiger charge is -2.22. The van der Waals surface area contributed by atoms with Crippen LogP contribution in [0.2, 0.25) is 0 Å². The van der Waals surface area contributed by atoms with E-state index in [0.717, 1.165) is 25.2 Å². The minimum atomic E-state index is -4.67. The number of alkyl halides is 3. The molecule has 1 heterocycles. The van der Waals surface area contributed by atoms with Crippen LogP contribution in [0.25, 0.3) is 0 Å². The number of halogens is 3. The van der Waals surface area contributed by atoms with Gasteiger partial charge in [-0.3, -0.25) is 9.69 Å². The van der Waals surface area contributed by atoms with E-state index >= 15 is 0 Å². The number of carbonyl (C=O) groups is 1. The Balaban J connectivity index is 1.33. The van der Waals surface area contributed by atoms with E-state index in [1.807, 2.05) is 0 Å². The summed E-state index contributed by atoms with van der Waals surface area (Å²) in [5.74, 6) is 1.69. The second-order valence-corrected chi connectivity index (χ2v) is 9.35. The number of likely N-dealkylation sites (tertiary alicyclic amines) is 1. The van der Waals surface area contributed by atoms with E-state index in [-0.39, 0.29) is 17.1 Å². The van der Waals surface area contributed by atoms with Gasteiger partial charge in [0, 0.05) is 26.2 Å². The molecule has 1 aliphatic heterocycles. The molecule has 0 bridgehead atoms. The van der Waals surface area contributed by atoms with Crippen LogP contribution in [0.3, 0.4) is 0 Å². The zero-order valence-electron chi connectivity index (χ0n) is 17.2. The molecule has 5 nitrogen and oxygen atoms in total. The molecular formula is C21H30F3N3O2. The standard InChI is InChI=1S/C21H30F3N3O2/c1-20(2,3)13-26-19(28)12-27-10-17-16(18(17)11-27)9-25-8-14-5-4-6-15(7-14)29-21(22,23)24/h4-7,16-18,25H,8-13H2,1-3H3,(H,26,28). The van der Waals surface area contributed by atoms with Gasteiger partial charge in [0.05, 0.1) is 6.54 Å². The van der Waals surface area contributed by atoms with Crippen molar-refractivity contribution in [2.75, 3.05) is 32.7 Å². The minimum Gasteiger partial charge on any atom is -0.406 e. The summed E-state index contributed by atoms with van der Waals surface area (Å²) in [7, 11) is 0. The van der Waals surface area contributed by atoms with Gasteiger partial charge in [-0.2, -0.15) is 0 Å². The van der Waals surface area contributed by atoms with Crippen LogP contribution in [0.15, 0.2) is 24.3 Å². The van der Waals surface area contributed by atoms with E-state index in [1.165, 1.54) is 12.1 Å². The van der Waals surface area contributed by atoms with Crippen LogP contribution in [0.5, 0.6) is 5.75 Å². The average molecular weight is 413 g/mol. The topological polar surface area (TPSA) is 53.6 Å². The highest BCUT2D eigenvalue weighted by Gasteiger charge is 2.54. The first-order chi connectivity index (χ1) is 13.5. The van der Waals surface area contributed by atoms with Gasteiger partial charge in [-0.05, 0) is 47.4 Å². The van der Waals surface area contributed by atoms with Gasteiger partial charge in [-0.15, -0.1) is 13.2 Å². The molecule has 1 aromatic rings. The Morgan fingerprint density at radius 2 is 1.90 bits per heavy atom. The molecule has 1 amide bonds. The lowest BCUT2D eigenvalue weighted by molar-refractivity contribution is -0.274. The lowest BCUT2D eigenvalue weighted by atomic mass is 9.97. The van der Waals surface area contributed by atoms with Crippen LogP contribution >= 0.6 is 0 Å². The normalized spacial score (nSPS) is 24.3. The molecule has 2 atom stereocenters. The molecule has 29 heavy (non-hydrogen) atoms. The Morgan fingerprint density at radius 3 is 2.52 bits per heavy atom. The lowest BCUT2D eigenvalue weighted by Crippen LogP contribution is -2.40. The minimum absolute atomic E-state index is 0.0804. The first kappa shape index (κ1) is 21.9. The molecule has 0 radical (unpaired) electrons. The van der Waals surface area contributed by atoms with Crippen LogP contribution in [0.1, 0.15) is 26.3 Å². The summed E-state index contributed by atoms with van der Waals surface area (Å²) in [4.78, 5) is 14.3. The molecular weight excluding hydrogens is 383 g/mol. The summed E-state index contributed by atoms with van der Waals surface area (Å²) in [5, 5.41) is 6.33. The fourth-order valence-corrected chi connectivity index (χ4v) is 4.03. The summed E-state index contributed by atoms with van der Waals surface area (Å²) in [6, 6.07) is 6.05. The van der Waals surface area contributed by atoms with Crippen molar-refractivity contribution in [2.24, 2.45) is 23.2 Å². The molecule has 1 aromatic carbocycles. The summed E-state index contributed by atoms with van der Waals surface area (Å²) < 4.78 is 40.9. The van der Waals surface area contributed by atoms with Crippen LogP contribution in [0.4, 0.5) is 13.2 Å². The number of hydrogen-bond acceptors (Lipinski definition) is 4. The second kappa shape index (κ2) is 8.52. The number of ether oxygens (including phenoxy) is 1. The van der Waals surface area contributed by atoms with Crippen molar-refractivity contribution in [1.29, 1.82) is 0 Å². The predicted octanol–water partition coefficient (Wildman–Crippen LogP) is 3.01. The van der Waals surface area contributed by atoms with E-state index in [0.29, 0.717) is 37.4 Å². The van der Waals surface area contributed by atoms with Crippen LogP contribution in [-0.2, 0) is 11.3 Å². The van der Waals surface area contributed by atoms with Crippen molar-refractivity contribution in [1.82, 2.24) is 15.5 Å². The van der Waals surface area contributed by atoms with E-state index in [9.17, 15) is 18.0 Å². The van der Waals surface area contributed by atoms with E-state index in [4.69, 9.17) is 0 Å². The quantitative estimate of drug-likeness (QED) is 0.688. The van der Waals surface area contributed by atoms with Gasteiger partial charge in [0.15, 0.2) is 0 Å². The summed E-state index contributed by atoms with van der Waals surface area (Å²) in [6.07, 6.45) is -4.67. The molecule has 1 saturated carbocycles. The second-order valence-electron chi connectivity index (χ2n) is 9.35. The Bertz CT molecular complexity index is 706. The molecule has 2 aliphatic rings. The maximum atomic E-state index is 12.3. The third kappa shape index (κ3) is 6.89. The highest BCUT2D eigenvalue weighted by molar-refractivity contribution is 5.78. The van der Waals surface area contributed by atoms with E-state index in [2.05, 4.69) is 41.0 Å². The van der Waals surface area contributed by atoms with Crippen LogP contribution in [0, 0.1) is 23.2 Å². The number of nitrogens with one attached hydrogen (secondary N) is 2. The fourth-order valence-electron chi connectivity index (χ4n) is 4.03. The number of amides is 1. The third-order valence-electron chi connectivity index (χ3n) is 5.47. The van der Waals surface area contributed by atoms with Gasteiger partial charge in [0.25, 0.3) is 0 Å². The van der Waals surface area contributed by atoms with Crippen molar-refractivity contribution >= 4 is 5.91 Å². The van der Waals surface area contributed by atoms with Crippen molar-refractivity contribution in [3.8, 4) is 5.75 Å². The average Bonchev–Trinajstić information content (AvgIpc) is 3.03. The SMILES string of the molecule is CC(C)(C)CNC(=O)CN1CC2C(CNCc3cccc(OC(F)(F)F)c3)C2C1. The van der Waals surface area contributed by atoms with Gasteiger partial charge < -0.3 is 15.4 Å². The van der Waals surface area contributed by atoms with Crippen LogP contribution < -0.4 is 15.4 Å². The van der Waals surface area contributed by atoms with Gasteiger partial charge in [-0.1, -0.05) is 32.9 Å². The maximum Gasteiger partial charge on any atom is 0.573 e. The number of piperidine rings is 1. The molecule has 0 aromatic heterocycles. The van der Waals surface area contributed by atoms with Gasteiger partial charge >= 0.3 is 6.36 Å². The molecule has 2 unspecified atom stereocenters. The van der Waals surface area contributed by atoms with Gasteiger partial charge in [0.1, 0.15) is 5.75 Å². The maximum absolute atomic E-state index is 12.3. The summed E-state index contributed by atoms with van der Waals surface area (Å²) in [5.41, 5.74) is 0.840. The van der Waals surface area contributed by atoms with E-state index in [1.54, 1.807) is 12.1 Å². The molecule has 3 rings (SSSR count). The zero-order chi connectivity index (χ0) is 21.2. The first-order valence-corrected chi connectivity index (χ1v) is 10.0. The number of benzene rings is 1. The molecule has 162 valence electrons. The van der Waals surface area contributed by atoms with Gasteiger partial charge in [0.2, 0.25) is 5.91 Å². The fraction of sp³-hybridized carbons (Fsp3) is 0.667. The third-order valence-corrected chi connectivity index (χ3v) is 5.47. The van der Waals surface area contributed by atoms with E-state index < -0.39 is 6.36 Å². The molecule has 1 aliphatic carbocycles. The number of fused-ring (bicyclic) bond motifs is 1. The Kier molecular flexibility index (Phi) is 6.43. The van der Waals surface area contributed by atoms with Crippen molar-refractivity contribution in [3.05, 3.63) is 29.8 Å². The molecule has 2 N–H and O–H groups in total. The van der Waals surface area contributed by atoms with Crippen LogP contribution in [-0.4, -0.2) is 49.9 Å². The number of hydrogen-bond donors (Lipinski definition) is 2. The molecule has 2 fully saturated rings.